The Morgan fingerprint density at radius 1 is 1.41 bits per heavy atom. The fraction of sp³-hybridized carbons (Fsp3) is 0.545. The molecule has 0 bridgehead atoms. The fourth-order valence-electron chi connectivity index (χ4n) is 1.52. The largest absolute Gasteiger partial charge is 0.384 e. The first-order chi connectivity index (χ1) is 7.99. The number of hydrogen-bond donors (Lipinski definition) is 2. The zero-order valence-corrected chi connectivity index (χ0v) is 11.6. The number of anilines is 1. The molecule has 1 aromatic heterocycles. The smallest absolute Gasteiger partial charge is 0.162 e. The Morgan fingerprint density at radius 3 is 2.59 bits per heavy atom. The van der Waals surface area contributed by atoms with Crippen molar-refractivity contribution < 1.29 is 0 Å². The second-order valence-corrected chi connectivity index (χ2v) is 4.92. The highest BCUT2D eigenvalue weighted by Gasteiger charge is 2.16. The molecule has 0 amide bonds. The van der Waals surface area contributed by atoms with Gasteiger partial charge in [0.2, 0.25) is 0 Å². The van der Waals surface area contributed by atoms with E-state index in [-0.39, 0.29) is 5.84 Å². The van der Waals surface area contributed by atoms with Gasteiger partial charge in [-0.2, -0.15) is 16.9 Å². The molecule has 0 aliphatic rings. The lowest BCUT2D eigenvalue weighted by molar-refractivity contribution is 0.874. The maximum atomic E-state index is 7.66. The maximum absolute atomic E-state index is 7.66. The van der Waals surface area contributed by atoms with Crippen LogP contribution in [0.15, 0.2) is 0 Å². The van der Waals surface area contributed by atoms with Crippen LogP contribution in [0.25, 0.3) is 0 Å². The van der Waals surface area contributed by atoms with Gasteiger partial charge in [0.15, 0.2) is 5.82 Å². The van der Waals surface area contributed by atoms with Crippen LogP contribution in [0.1, 0.15) is 16.8 Å². The van der Waals surface area contributed by atoms with Gasteiger partial charge in [-0.05, 0) is 25.7 Å². The number of amidine groups is 1. The van der Waals surface area contributed by atoms with Gasteiger partial charge in [0.25, 0.3) is 0 Å². The Hall–Kier alpha value is -1.30. The van der Waals surface area contributed by atoms with Crippen molar-refractivity contribution in [3.8, 4) is 0 Å². The van der Waals surface area contributed by atoms with E-state index in [0.29, 0.717) is 11.4 Å². The first kappa shape index (κ1) is 13.8. The first-order valence-corrected chi connectivity index (χ1v) is 6.76. The zero-order chi connectivity index (χ0) is 13.0. The van der Waals surface area contributed by atoms with Crippen molar-refractivity contribution >= 4 is 23.4 Å². The molecule has 0 unspecified atom stereocenters. The maximum Gasteiger partial charge on any atom is 0.162 e. The van der Waals surface area contributed by atoms with Gasteiger partial charge in [-0.25, -0.2) is 0 Å². The lowest BCUT2D eigenvalue weighted by atomic mass is 10.1. The van der Waals surface area contributed by atoms with Gasteiger partial charge < -0.3 is 10.6 Å². The van der Waals surface area contributed by atoms with Crippen LogP contribution in [0, 0.1) is 19.3 Å². The highest BCUT2D eigenvalue weighted by Crippen LogP contribution is 2.20. The standard InChI is InChI=1S/C11H19N5S/c1-7-8(2)14-15-11(9(7)10(12)13)16(3)5-6-17-4/h5-6H2,1-4H3,(H3,12,13). The van der Waals surface area contributed by atoms with E-state index in [9.17, 15) is 0 Å². The summed E-state index contributed by atoms with van der Waals surface area (Å²) < 4.78 is 0. The number of nitrogen functional groups attached to an aromatic ring is 1. The molecule has 0 fully saturated rings. The molecule has 94 valence electrons. The molecule has 3 N–H and O–H groups in total. The van der Waals surface area contributed by atoms with Gasteiger partial charge in [0.05, 0.1) is 11.3 Å². The molecule has 1 aromatic rings. The molecule has 0 aromatic carbocycles. The van der Waals surface area contributed by atoms with Crippen LogP contribution in [0.3, 0.4) is 0 Å². The van der Waals surface area contributed by atoms with E-state index in [1.54, 1.807) is 11.8 Å². The van der Waals surface area contributed by atoms with Crippen LogP contribution in [0.2, 0.25) is 0 Å². The van der Waals surface area contributed by atoms with E-state index in [4.69, 9.17) is 11.1 Å². The quantitative estimate of drug-likeness (QED) is 0.608. The highest BCUT2D eigenvalue weighted by molar-refractivity contribution is 7.98. The monoisotopic (exact) mass is 253 g/mol. The van der Waals surface area contributed by atoms with E-state index in [0.717, 1.165) is 23.6 Å². The second-order valence-electron chi connectivity index (χ2n) is 3.94. The van der Waals surface area contributed by atoms with Gasteiger partial charge in [0, 0.05) is 19.3 Å². The predicted octanol–water partition coefficient (Wildman–Crippen LogP) is 1.18. The SMILES string of the molecule is CSCCN(C)c1nnc(C)c(C)c1C(=N)N. The minimum Gasteiger partial charge on any atom is -0.384 e. The third-order valence-electron chi connectivity index (χ3n) is 2.70. The summed E-state index contributed by atoms with van der Waals surface area (Å²) in [6.07, 6.45) is 2.06. The van der Waals surface area contributed by atoms with Crippen LogP contribution in [0.5, 0.6) is 0 Å². The number of rotatable bonds is 5. The van der Waals surface area contributed by atoms with Crippen LogP contribution in [-0.4, -0.2) is 41.6 Å². The molecule has 1 heterocycles. The Bertz CT molecular complexity index is 419. The first-order valence-electron chi connectivity index (χ1n) is 5.37. The van der Waals surface area contributed by atoms with E-state index >= 15 is 0 Å². The van der Waals surface area contributed by atoms with Crippen molar-refractivity contribution in [3.63, 3.8) is 0 Å². The Morgan fingerprint density at radius 2 is 2.06 bits per heavy atom. The zero-order valence-electron chi connectivity index (χ0n) is 10.7. The summed E-state index contributed by atoms with van der Waals surface area (Å²) in [6.45, 7) is 4.66. The topological polar surface area (TPSA) is 78.9 Å². The van der Waals surface area contributed by atoms with Gasteiger partial charge >= 0.3 is 0 Å². The molecule has 6 heteroatoms. The minimum atomic E-state index is 0.0477. The average molecular weight is 253 g/mol. The predicted molar refractivity (Wildman–Crippen MR) is 74.2 cm³/mol. The third kappa shape index (κ3) is 3.09. The van der Waals surface area contributed by atoms with Crippen molar-refractivity contribution in [2.75, 3.05) is 30.5 Å². The van der Waals surface area contributed by atoms with Crippen molar-refractivity contribution in [2.24, 2.45) is 5.73 Å². The summed E-state index contributed by atoms with van der Waals surface area (Å²) in [5.41, 5.74) is 8.08. The molecular formula is C11H19N5S. The van der Waals surface area contributed by atoms with Gasteiger partial charge in [-0.3, -0.25) is 5.41 Å². The van der Waals surface area contributed by atoms with Crippen LogP contribution < -0.4 is 10.6 Å². The van der Waals surface area contributed by atoms with E-state index in [1.807, 2.05) is 25.8 Å². The molecule has 1 rings (SSSR count). The number of aryl methyl sites for hydroxylation is 1. The fourth-order valence-corrected chi connectivity index (χ4v) is 1.98. The summed E-state index contributed by atoms with van der Waals surface area (Å²) in [6, 6.07) is 0. The summed E-state index contributed by atoms with van der Waals surface area (Å²) in [5, 5.41) is 15.9. The van der Waals surface area contributed by atoms with Crippen LogP contribution in [0.4, 0.5) is 5.82 Å². The number of nitrogens with two attached hydrogens (primary N) is 1. The van der Waals surface area contributed by atoms with E-state index in [1.165, 1.54) is 0 Å². The lowest BCUT2D eigenvalue weighted by Crippen LogP contribution is -2.27. The molecular weight excluding hydrogens is 234 g/mol. The Labute approximate surface area is 106 Å². The molecule has 5 nitrogen and oxygen atoms in total. The Balaban J connectivity index is 3.15. The van der Waals surface area contributed by atoms with Crippen molar-refractivity contribution in [2.45, 2.75) is 13.8 Å². The molecule has 0 saturated heterocycles. The number of nitrogens with zero attached hydrogens (tertiary/aromatic N) is 3. The average Bonchev–Trinajstić information content (AvgIpc) is 2.28. The lowest BCUT2D eigenvalue weighted by Gasteiger charge is -2.21. The highest BCUT2D eigenvalue weighted by atomic mass is 32.2. The summed E-state index contributed by atoms with van der Waals surface area (Å²) in [7, 11) is 1.95. The normalized spacial score (nSPS) is 10.4. The molecule has 0 atom stereocenters. The number of hydrogen-bond acceptors (Lipinski definition) is 5. The summed E-state index contributed by atoms with van der Waals surface area (Å²) >= 11 is 1.77. The van der Waals surface area contributed by atoms with Gasteiger partial charge in [-0.15, -0.1) is 5.10 Å². The number of aromatic nitrogens is 2. The van der Waals surface area contributed by atoms with Gasteiger partial charge in [-0.1, -0.05) is 0 Å². The van der Waals surface area contributed by atoms with E-state index in [2.05, 4.69) is 16.5 Å². The third-order valence-corrected chi connectivity index (χ3v) is 3.29. The summed E-state index contributed by atoms with van der Waals surface area (Å²) in [5.74, 6) is 1.74. The van der Waals surface area contributed by atoms with Crippen molar-refractivity contribution in [1.29, 1.82) is 5.41 Å². The van der Waals surface area contributed by atoms with Gasteiger partial charge in [0.1, 0.15) is 5.84 Å². The second kappa shape index (κ2) is 5.86. The molecule has 0 saturated carbocycles. The summed E-state index contributed by atoms with van der Waals surface area (Å²) in [4.78, 5) is 1.99. The molecule has 0 aliphatic carbocycles. The Kier molecular flexibility index (Phi) is 4.74. The van der Waals surface area contributed by atoms with Crippen molar-refractivity contribution in [3.05, 3.63) is 16.8 Å². The van der Waals surface area contributed by atoms with Crippen LogP contribution in [-0.2, 0) is 0 Å². The molecule has 0 radical (unpaired) electrons. The molecule has 0 spiro atoms. The number of thioether (sulfide) groups is 1. The molecule has 0 aliphatic heterocycles. The number of nitrogens with one attached hydrogen (secondary N) is 1. The van der Waals surface area contributed by atoms with Crippen molar-refractivity contribution in [1.82, 2.24) is 10.2 Å². The van der Waals surface area contributed by atoms with Crippen LogP contribution >= 0.6 is 11.8 Å². The van der Waals surface area contributed by atoms with E-state index < -0.39 is 0 Å². The minimum absolute atomic E-state index is 0.0477. The molecule has 17 heavy (non-hydrogen) atoms.